The molecular formula is C32H30F2N4O4. The van der Waals surface area contributed by atoms with Crippen LogP contribution in [0.4, 0.5) is 8.78 Å². The number of nitrogens with zero attached hydrogens (tertiary/aromatic N) is 4. The molecule has 2 aromatic heterocycles. The third kappa shape index (κ3) is 6.07. The quantitative estimate of drug-likeness (QED) is 0.191. The second kappa shape index (κ2) is 12.3. The number of hydrogen-bond acceptors (Lipinski definition) is 7. The van der Waals surface area contributed by atoms with Crippen molar-refractivity contribution in [1.29, 1.82) is 0 Å². The minimum Gasteiger partial charge on any atom is -0.491 e. The molecule has 0 spiro atoms. The van der Waals surface area contributed by atoms with Gasteiger partial charge < -0.3 is 9.84 Å². The average Bonchev–Trinajstić information content (AvgIpc) is 3.41. The van der Waals surface area contributed by atoms with Crippen LogP contribution in [0.15, 0.2) is 82.1 Å². The van der Waals surface area contributed by atoms with E-state index in [-0.39, 0.29) is 24.0 Å². The summed E-state index contributed by atoms with van der Waals surface area (Å²) < 4.78 is 40.3. The summed E-state index contributed by atoms with van der Waals surface area (Å²) in [5.41, 5.74) is 2.36. The zero-order chi connectivity index (χ0) is 29.8. The molecule has 0 atom stereocenters. The van der Waals surface area contributed by atoms with Crippen LogP contribution in [0.1, 0.15) is 50.7 Å². The van der Waals surface area contributed by atoms with Crippen LogP contribution < -0.4 is 10.3 Å². The topological polar surface area (TPSA) is 103 Å². The van der Waals surface area contributed by atoms with E-state index in [2.05, 4.69) is 15.1 Å². The molecule has 0 fully saturated rings. The summed E-state index contributed by atoms with van der Waals surface area (Å²) in [6, 6.07) is 21.5. The SMILES string of the molecule is CCCc1nc(C(F)F)c(-c2ccc(OC(C)C)cc2)c(=O)n1Cc1ccc(-c2ccccc2-c2noc(O)n2)cc1. The Hall–Kier alpha value is -4.86. The van der Waals surface area contributed by atoms with Gasteiger partial charge in [-0.1, -0.05) is 72.7 Å². The highest BCUT2D eigenvalue weighted by atomic mass is 19.3. The van der Waals surface area contributed by atoms with Crippen molar-refractivity contribution in [2.24, 2.45) is 0 Å². The third-order valence-electron chi connectivity index (χ3n) is 6.66. The molecule has 42 heavy (non-hydrogen) atoms. The maximum atomic E-state index is 14.2. The molecule has 3 aromatic carbocycles. The summed E-state index contributed by atoms with van der Waals surface area (Å²) in [7, 11) is 0. The molecule has 1 N–H and O–H groups in total. The van der Waals surface area contributed by atoms with E-state index in [0.717, 1.165) is 16.7 Å². The fourth-order valence-electron chi connectivity index (χ4n) is 4.82. The number of ether oxygens (including phenoxy) is 1. The smallest absolute Gasteiger partial charge is 0.415 e. The Balaban J connectivity index is 1.52. The standard InChI is InChI=1S/C32H30F2N4O4/c1-4-7-26-35-28(29(33)34)27(22-14-16-23(17-15-22)41-19(2)3)31(39)38(26)18-20-10-12-21(13-11-20)24-8-5-6-9-25(24)30-36-32(40)42-37-30/h5-6,8-17,19,29H,4,7,18H2,1-3H3,(H,36,37,40). The van der Waals surface area contributed by atoms with Gasteiger partial charge in [-0.2, -0.15) is 4.98 Å². The summed E-state index contributed by atoms with van der Waals surface area (Å²) in [4.78, 5) is 22.1. The van der Waals surface area contributed by atoms with Gasteiger partial charge in [0, 0.05) is 12.0 Å². The Kier molecular flexibility index (Phi) is 8.42. The first-order valence-electron chi connectivity index (χ1n) is 13.6. The maximum absolute atomic E-state index is 14.2. The monoisotopic (exact) mass is 572 g/mol. The Morgan fingerprint density at radius 2 is 1.60 bits per heavy atom. The first-order chi connectivity index (χ1) is 20.2. The van der Waals surface area contributed by atoms with Crippen molar-refractivity contribution in [3.05, 3.63) is 100 Å². The van der Waals surface area contributed by atoms with E-state index in [9.17, 15) is 18.7 Å². The van der Waals surface area contributed by atoms with E-state index in [4.69, 9.17) is 9.26 Å². The number of hydrogen-bond donors (Lipinski definition) is 1. The van der Waals surface area contributed by atoms with E-state index >= 15 is 0 Å². The van der Waals surface area contributed by atoms with Gasteiger partial charge in [-0.25, -0.2) is 13.8 Å². The van der Waals surface area contributed by atoms with Gasteiger partial charge in [0.25, 0.3) is 12.0 Å². The molecule has 0 saturated heterocycles. The molecule has 0 aliphatic heterocycles. The van der Waals surface area contributed by atoms with Crippen molar-refractivity contribution < 1.29 is 23.1 Å². The zero-order valence-electron chi connectivity index (χ0n) is 23.4. The molecule has 0 aliphatic rings. The molecular weight excluding hydrogens is 542 g/mol. The van der Waals surface area contributed by atoms with Gasteiger partial charge in [0.05, 0.1) is 18.2 Å². The van der Waals surface area contributed by atoms with Crippen LogP contribution in [0.25, 0.3) is 33.6 Å². The molecule has 0 saturated carbocycles. The van der Waals surface area contributed by atoms with E-state index in [1.807, 2.05) is 69.3 Å². The molecule has 0 amide bonds. The summed E-state index contributed by atoms with van der Waals surface area (Å²) >= 11 is 0. The van der Waals surface area contributed by atoms with E-state index in [1.54, 1.807) is 24.3 Å². The molecule has 5 aromatic rings. The number of aryl methyl sites for hydroxylation is 1. The molecule has 10 heteroatoms. The lowest BCUT2D eigenvalue weighted by Gasteiger charge is -2.18. The summed E-state index contributed by atoms with van der Waals surface area (Å²) in [6.07, 6.45) is -2.47. The van der Waals surface area contributed by atoms with Gasteiger partial charge in [0.2, 0.25) is 5.82 Å². The largest absolute Gasteiger partial charge is 0.491 e. The number of aromatic nitrogens is 4. The molecule has 216 valence electrons. The van der Waals surface area contributed by atoms with Gasteiger partial charge in [-0.3, -0.25) is 13.9 Å². The fraction of sp³-hybridized carbons (Fsp3) is 0.250. The molecule has 5 rings (SSSR count). The average molecular weight is 573 g/mol. The van der Waals surface area contributed by atoms with Crippen LogP contribution in [0.3, 0.4) is 0 Å². The lowest BCUT2D eigenvalue weighted by molar-refractivity contribution is 0.145. The van der Waals surface area contributed by atoms with Crippen LogP contribution in [-0.4, -0.2) is 30.9 Å². The number of halogens is 2. The molecule has 8 nitrogen and oxygen atoms in total. The van der Waals surface area contributed by atoms with Crippen molar-refractivity contribution in [3.8, 4) is 45.5 Å². The summed E-state index contributed by atoms with van der Waals surface area (Å²) in [6.45, 7) is 5.86. The molecule has 0 bridgehead atoms. The maximum Gasteiger partial charge on any atom is 0.415 e. The Morgan fingerprint density at radius 3 is 2.19 bits per heavy atom. The Morgan fingerprint density at radius 1 is 0.929 bits per heavy atom. The normalized spacial score (nSPS) is 11.4. The van der Waals surface area contributed by atoms with Crippen molar-refractivity contribution in [1.82, 2.24) is 19.7 Å². The van der Waals surface area contributed by atoms with E-state index in [0.29, 0.717) is 35.5 Å². The highest BCUT2D eigenvalue weighted by Gasteiger charge is 2.24. The van der Waals surface area contributed by atoms with Gasteiger partial charge in [-0.05, 0) is 54.7 Å². The second-order valence-electron chi connectivity index (χ2n) is 10.1. The molecule has 0 unspecified atom stereocenters. The number of alkyl halides is 2. The zero-order valence-corrected chi connectivity index (χ0v) is 23.4. The highest BCUT2D eigenvalue weighted by Crippen LogP contribution is 2.32. The van der Waals surface area contributed by atoms with Gasteiger partial charge in [0.1, 0.15) is 17.3 Å². The Bertz CT molecular complexity index is 1730. The summed E-state index contributed by atoms with van der Waals surface area (Å²) in [5, 5.41) is 13.3. The van der Waals surface area contributed by atoms with Crippen LogP contribution in [0.2, 0.25) is 0 Å². The molecule has 0 radical (unpaired) electrons. The predicted molar refractivity (Wildman–Crippen MR) is 155 cm³/mol. The van der Waals surface area contributed by atoms with Crippen molar-refractivity contribution in [2.45, 2.75) is 52.7 Å². The fourth-order valence-corrected chi connectivity index (χ4v) is 4.82. The van der Waals surface area contributed by atoms with Crippen molar-refractivity contribution in [2.75, 3.05) is 0 Å². The van der Waals surface area contributed by atoms with Crippen molar-refractivity contribution in [3.63, 3.8) is 0 Å². The lowest BCUT2D eigenvalue weighted by atomic mass is 9.98. The summed E-state index contributed by atoms with van der Waals surface area (Å²) in [5.74, 6) is 1.15. The van der Waals surface area contributed by atoms with E-state index in [1.165, 1.54) is 4.57 Å². The first-order valence-corrected chi connectivity index (χ1v) is 13.6. The number of rotatable bonds is 10. The van der Waals surface area contributed by atoms with Gasteiger partial charge in [0.15, 0.2) is 0 Å². The van der Waals surface area contributed by atoms with Gasteiger partial charge >= 0.3 is 6.08 Å². The highest BCUT2D eigenvalue weighted by molar-refractivity contribution is 5.80. The minimum absolute atomic E-state index is 0.0491. The van der Waals surface area contributed by atoms with E-state index < -0.39 is 23.8 Å². The minimum atomic E-state index is -2.91. The Labute approximate surface area is 241 Å². The number of benzene rings is 3. The van der Waals surface area contributed by atoms with Crippen LogP contribution in [-0.2, 0) is 13.0 Å². The molecule has 2 heterocycles. The number of aromatic hydroxyl groups is 1. The van der Waals surface area contributed by atoms with Crippen molar-refractivity contribution >= 4 is 0 Å². The molecule has 0 aliphatic carbocycles. The second-order valence-corrected chi connectivity index (χ2v) is 10.1. The van der Waals surface area contributed by atoms with Crippen LogP contribution >= 0.6 is 0 Å². The lowest BCUT2D eigenvalue weighted by Crippen LogP contribution is -2.29. The third-order valence-corrected chi connectivity index (χ3v) is 6.66. The van der Waals surface area contributed by atoms with Gasteiger partial charge in [-0.15, -0.1) is 0 Å². The van der Waals surface area contributed by atoms with Crippen LogP contribution in [0.5, 0.6) is 11.8 Å². The first kappa shape index (κ1) is 28.7. The predicted octanol–water partition coefficient (Wildman–Crippen LogP) is 7.06. The van der Waals surface area contributed by atoms with Crippen LogP contribution in [0, 0.1) is 0 Å².